The van der Waals surface area contributed by atoms with E-state index in [0.717, 1.165) is 12.0 Å². The molecule has 0 aromatic heterocycles. The smallest absolute Gasteiger partial charge is 0.329 e. The zero-order chi connectivity index (χ0) is 14.6. The average molecular weight is 273 g/mol. The van der Waals surface area contributed by atoms with Crippen molar-refractivity contribution in [3.8, 4) is 0 Å². The number of carboxylic acids is 1. The number of hydrogen-bond acceptors (Lipinski definition) is 6. The van der Waals surface area contributed by atoms with Crippen LogP contribution in [0.25, 0.3) is 0 Å². The van der Waals surface area contributed by atoms with Crippen molar-refractivity contribution in [1.82, 2.24) is 4.90 Å². The van der Waals surface area contributed by atoms with E-state index in [1.807, 2.05) is 0 Å². The second kappa shape index (κ2) is 6.17. The molecule has 0 saturated carbocycles. The molecule has 106 valence electrons. The van der Waals surface area contributed by atoms with Gasteiger partial charge in [0.15, 0.2) is 0 Å². The molecule has 2 atom stereocenters. The number of carbonyl (C=O) groups excluding carboxylic acids is 3. The van der Waals surface area contributed by atoms with Crippen LogP contribution in [0.15, 0.2) is 0 Å². The van der Waals surface area contributed by atoms with Gasteiger partial charge in [0.2, 0.25) is 5.91 Å². The van der Waals surface area contributed by atoms with Crippen LogP contribution in [0.2, 0.25) is 0 Å². The standard InChI is InChI=1S/C11H15NO7/c1-18-10(16)6-3-8(13)12(5-6)7(4-9(14)15)11(17)19-2/h6-7H,3-5H2,1-2H3,(H,14,15)/t6?,7-/m1/s1. The summed E-state index contributed by atoms with van der Waals surface area (Å²) in [6, 6.07) is -1.22. The maximum atomic E-state index is 11.8. The molecule has 0 aliphatic carbocycles. The van der Waals surface area contributed by atoms with E-state index in [2.05, 4.69) is 9.47 Å². The van der Waals surface area contributed by atoms with Gasteiger partial charge in [-0.3, -0.25) is 14.4 Å². The summed E-state index contributed by atoms with van der Waals surface area (Å²) >= 11 is 0. The number of ether oxygens (including phenoxy) is 2. The van der Waals surface area contributed by atoms with Crippen LogP contribution in [0.5, 0.6) is 0 Å². The highest BCUT2D eigenvalue weighted by Crippen LogP contribution is 2.23. The predicted octanol–water partition coefficient (Wildman–Crippen LogP) is -0.976. The van der Waals surface area contributed by atoms with Crippen molar-refractivity contribution in [1.29, 1.82) is 0 Å². The summed E-state index contributed by atoms with van der Waals surface area (Å²) in [6.07, 6.45) is -0.661. The molecule has 8 nitrogen and oxygen atoms in total. The van der Waals surface area contributed by atoms with E-state index in [-0.39, 0.29) is 13.0 Å². The van der Waals surface area contributed by atoms with Crippen LogP contribution in [0.3, 0.4) is 0 Å². The first-order chi connectivity index (χ1) is 8.90. The highest BCUT2D eigenvalue weighted by Gasteiger charge is 2.42. The van der Waals surface area contributed by atoms with Gasteiger partial charge in [0.25, 0.3) is 0 Å². The van der Waals surface area contributed by atoms with Crippen LogP contribution in [0.4, 0.5) is 0 Å². The normalized spacial score (nSPS) is 20.0. The zero-order valence-corrected chi connectivity index (χ0v) is 10.6. The van der Waals surface area contributed by atoms with Gasteiger partial charge in [-0.05, 0) is 0 Å². The van der Waals surface area contributed by atoms with Gasteiger partial charge in [0, 0.05) is 13.0 Å². The lowest BCUT2D eigenvalue weighted by molar-refractivity contribution is -0.155. The molecule has 0 aromatic rings. The molecular weight excluding hydrogens is 258 g/mol. The Morgan fingerprint density at radius 2 is 2.00 bits per heavy atom. The number of carboxylic acid groups (broad SMARTS) is 1. The van der Waals surface area contributed by atoms with Gasteiger partial charge in [-0.1, -0.05) is 0 Å². The third-order valence-electron chi connectivity index (χ3n) is 2.91. The van der Waals surface area contributed by atoms with Gasteiger partial charge in [-0.15, -0.1) is 0 Å². The van der Waals surface area contributed by atoms with Crippen molar-refractivity contribution in [3.63, 3.8) is 0 Å². The van der Waals surface area contributed by atoms with Gasteiger partial charge in [-0.25, -0.2) is 4.79 Å². The van der Waals surface area contributed by atoms with E-state index in [9.17, 15) is 19.2 Å². The zero-order valence-electron chi connectivity index (χ0n) is 10.6. The number of methoxy groups -OCH3 is 2. The number of aliphatic carboxylic acids is 1. The molecular formula is C11H15NO7. The third-order valence-corrected chi connectivity index (χ3v) is 2.91. The van der Waals surface area contributed by atoms with E-state index in [4.69, 9.17) is 5.11 Å². The van der Waals surface area contributed by atoms with Crippen molar-refractivity contribution in [2.75, 3.05) is 20.8 Å². The number of rotatable bonds is 5. The van der Waals surface area contributed by atoms with Crippen LogP contribution in [0.1, 0.15) is 12.8 Å². The maximum Gasteiger partial charge on any atom is 0.329 e. The first kappa shape index (κ1) is 14.9. The first-order valence-corrected chi connectivity index (χ1v) is 5.57. The highest BCUT2D eigenvalue weighted by molar-refractivity contribution is 5.92. The monoisotopic (exact) mass is 273 g/mol. The maximum absolute atomic E-state index is 11.8. The molecule has 8 heteroatoms. The number of nitrogens with zero attached hydrogens (tertiary/aromatic N) is 1. The average Bonchev–Trinajstić information content (AvgIpc) is 2.75. The third kappa shape index (κ3) is 3.43. The predicted molar refractivity (Wildman–Crippen MR) is 59.9 cm³/mol. The van der Waals surface area contributed by atoms with Gasteiger partial charge in [0.1, 0.15) is 6.04 Å². The molecule has 0 spiro atoms. The minimum atomic E-state index is -1.23. The van der Waals surface area contributed by atoms with Crippen LogP contribution in [-0.2, 0) is 28.7 Å². The molecule has 0 aromatic carbocycles. The van der Waals surface area contributed by atoms with E-state index in [1.165, 1.54) is 7.11 Å². The van der Waals surface area contributed by atoms with Crippen LogP contribution in [-0.4, -0.2) is 60.6 Å². The lowest BCUT2D eigenvalue weighted by atomic mass is 10.1. The van der Waals surface area contributed by atoms with Crippen molar-refractivity contribution in [2.45, 2.75) is 18.9 Å². The molecule has 0 bridgehead atoms. The number of esters is 2. The Morgan fingerprint density at radius 1 is 1.37 bits per heavy atom. The van der Waals surface area contributed by atoms with Crippen molar-refractivity contribution < 1.29 is 33.8 Å². The Hall–Kier alpha value is -2.12. The Balaban J connectivity index is 2.85. The lowest BCUT2D eigenvalue weighted by Crippen LogP contribution is -2.44. The fourth-order valence-electron chi connectivity index (χ4n) is 1.98. The second-order valence-electron chi connectivity index (χ2n) is 4.11. The molecule has 19 heavy (non-hydrogen) atoms. The van der Waals surface area contributed by atoms with Gasteiger partial charge in [0.05, 0.1) is 26.6 Å². The van der Waals surface area contributed by atoms with E-state index < -0.39 is 42.2 Å². The quantitative estimate of drug-likeness (QED) is 0.641. The van der Waals surface area contributed by atoms with E-state index >= 15 is 0 Å². The molecule has 1 N–H and O–H groups in total. The second-order valence-corrected chi connectivity index (χ2v) is 4.11. The van der Waals surface area contributed by atoms with Crippen molar-refractivity contribution in [3.05, 3.63) is 0 Å². The Labute approximate surface area is 109 Å². The largest absolute Gasteiger partial charge is 0.481 e. The minimum Gasteiger partial charge on any atom is -0.481 e. The lowest BCUT2D eigenvalue weighted by Gasteiger charge is -2.24. The molecule has 1 amide bonds. The fourth-order valence-corrected chi connectivity index (χ4v) is 1.98. The molecule has 1 aliphatic heterocycles. The summed E-state index contributed by atoms with van der Waals surface area (Å²) in [7, 11) is 2.31. The van der Waals surface area contributed by atoms with Crippen LogP contribution >= 0.6 is 0 Å². The highest BCUT2D eigenvalue weighted by atomic mass is 16.5. The topological polar surface area (TPSA) is 110 Å². The minimum absolute atomic E-state index is 0.0431. The fraction of sp³-hybridized carbons (Fsp3) is 0.636. The first-order valence-electron chi connectivity index (χ1n) is 5.57. The summed E-state index contributed by atoms with van der Waals surface area (Å²) in [5.74, 6) is -3.76. The molecule has 1 rings (SSSR count). The molecule has 1 saturated heterocycles. The number of likely N-dealkylation sites (tertiary alicyclic amines) is 1. The Bertz CT molecular complexity index is 406. The Kier molecular flexibility index (Phi) is 4.85. The van der Waals surface area contributed by atoms with Gasteiger partial charge < -0.3 is 19.5 Å². The van der Waals surface area contributed by atoms with E-state index in [1.54, 1.807) is 0 Å². The molecule has 1 aliphatic rings. The summed E-state index contributed by atoms with van der Waals surface area (Å²) in [4.78, 5) is 46.4. The molecule has 1 heterocycles. The molecule has 1 fully saturated rings. The molecule has 1 unspecified atom stereocenters. The summed E-state index contributed by atoms with van der Waals surface area (Å²) in [5.41, 5.74) is 0. The van der Waals surface area contributed by atoms with Crippen molar-refractivity contribution in [2.24, 2.45) is 5.92 Å². The summed E-state index contributed by atoms with van der Waals surface area (Å²) in [5, 5.41) is 8.76. The van der Waals surface area contributed by atoms with Gasteiger partial charge in [-0.2, -0.15) is 0 Å². The van der Waals surface area contributed by atoms with Crippen LogP contribution in [0, 0.1) is 5.92 Å². The number of hydrogen-bond donors (Lipinski definition) is 1. The van der Waals surface area contributed by atoms with Gasteiger partial charge >= 0.3 is 17.9 Å². The van der Waals surface area contributed by atoms with E-state index in [0.29, 0.717) is 0 Å². The SMILES string of the molecule is COC(=O)C1CC(=O)N([C@H](CC(=O)O)C(=O)OC)C1. The Morgan fingerprint density at radius 3 is 2.47 bits per heavy atom. The van der Waals surface area contributed by atoms with Crippen molar-refractivity contribution >= 4 is 23.8 Å². The number of carbonyl (C=O) groups is 4. The molecule has 0 radical (unpaired) electrons. The van der Waals surface area contributed by atoms with Crippen LogP contribution < -0.4 is 0 Å². The summed E-state index contributed by atoms with van der Waals surface area (Å²) < 4.78 is 9.01. The summed E-state index contributed by atoms with van der Waals surface area (Å²) in [6.45, 7) is -0.0431. The number of amides is 1.